The molecule has 0 aliphatic carbocycles. The summed E-state index contributed by atoms with van der Waals surface area (Å²) in [6.07, 6.45) is -0.143. The predicted octanol–water partition coefficient (Wildman–Crippen LogP) is 4.40. The molecule has 0 aliphatic heterocycles. The highest BCUT2D eigenvalue weighted by Gasteiger charge is 2.30. The van der Waals surface area contributed by atoms with Gasteiger partial charge in [0.1, 0.15) is 0 Å². The molecule has 3 N–H and O–H groups in total. The van der Waals surface area contributed by atoms with Gasteiger partial charge in [-0.2, -0.15) is 13.2 Å². The Morgan fingerprint density at radius 1 is 1.11 bits per heavy atom. The summed E-state index contributed by atoms with van der Waals surface area (Å²) in [5, 5.41) is 3.12. The quantitative estimate of drug-likeness (QED) is 0.723. The highest BCUT2D eigenvalue weighted by Crippen LogP contribution is 2.33. The molecule has 0 saturated carbocycles. The average molecular weight is 339 g/mol. The normalized spacial score (nSPS) is 11.6. The number of rotatable bonds is 7. The Morgan fingerprint density at radius 3 is 2.37 bits per heavy atom. The second kappa shape index (κ2) is 7.75. The van der Waals surface area contributed by atoms with Crippen molar-refractivity contribution in [3.8, 4) is 0 Å². The van der Waals surface area contributed by atoms with Crippen LogP contribution in [0.4, 0.5) is 18.9 Å². The summed E-state index contributed by atoms with van der Waals surface area (Å²) in [6.45, 7) is 1.45. The molecule has 19 heavy (non-hydrogen) atoms. The van der Waals surface area contributed by atoms with Gasteiger partial charge >= 0.3 is 6.18 Å². The van der Waals surface area contributed by atoms with Crippen LogP contribution in [0.3, 0.4) is 0 Å². The first-order valence-electron chi connectivity index (χ1n) is 6.26. The monoisotopic (exact) mass is 338 g/mol. The average Bonchev–Trinajstić information content (AvgIpc) is 2.34. The lowest BCUT2D eigenvalue weighted by atomic mass is 10.2. The van der Waals surface area contributed by atoms with Crippen molar-refractivity contribution in [2.45, 2.75) is 31.9 Å². The van der Waals surface area contributed by atoms with Gasteiger partial charge in [0, 0.05) is 16.7 Å². The van der Waals surface area contributed by atoms with Gasteiger partial charge in [0.05, 0.1) is 5.56 Å². The van der Waals surface area contributed by atoms with E-state index in [0.29, 0.717) is 16.7 Å². The molecule has 1 aromatic rings. The minimum atomic E-state index is -4.30. The van der Waals surface area contributed by atoms with Gasteiger partial charge in [0.25, 0.3) is 0 Å². The summed E-state index contributed by atoms with van der Waals surface area (Å²) in [5.41, 5.74) is 5.43. The van der Waals surface area contributed by atoms with Crippen molar-refractivity contribution in [2.75, 3.05) is 18.4 Å². The van der Waals surface area contributed by atoms with Crippen molar-refractivity contribution in [1.29, 1.82) is 0 Å². The van der Waals surface area contributed by atoms with Gasteiger partial charge in [-0.25, -0.2) is 0 Å². The Morgan fingerprint density at radius 2 is 1.79 bits per heavy atom. The Kier molecular flexibility index (Phi) is 6.65. The number of hydrogen-bond donors (Lipinski definition) is 2. The zero-order valence-electron chi connectivity index (χ0n) is 10.6. The molecule has 1 aromatic carbocycles. The third kappa shape index (κ3) is 5.82. The SMILES string of the molecule is NCCCCCCNc1ccc(C(F)(F)F)cc1Br. The third-order valence-electron chi connectivity index (χ3n) is 2.74. The van der Waals surface area contributed by atoms with E-state index < -0.39 is 11.7 Å². The van der Waals surface area contributed by atoms with Crippen molar-refractivity contribution < 1.29 is 13.2 Å². The van der Waals surface area contributed by atoms with Crippen LogP contribution in [-0.2, 0) is 6.18 Å². The lowest BCUT2D eigenvalue weighted by molar-refractivity contribution is -0.137. The van der Waals surface area contributed by atoms with Gasteiger partial charge in [-0.3, -0.25) is 0 Å². The van der Waals surface area contributed by atoms with Crippen LogP contribution in [0.25, 0.3) is 0 Å². The Labute approximate surface area is 119 Å². The summed E-state index contributed by atoms with van der Waals surface area (Å²) in [7, 11) is 0. The smallest absolute Gasteiger partial charge is 0.384 e. The van der Waals surface area contributed by atoms with Crippen molar-refractivity contribution in [1.82, 2.24) is 0 Å². The van der Waals surface area contributed by atoms with Crippen molar-refractivity contribution >= 4 is 21.6 Å². The van der Waals surface area contributed by atoms with Gasteiger partial charge in [0.15, 0.2) is 0 Å². The van der Waals surface area contributed by atoms with Gasteiger partial charge in [-0.05, 0) is 53.5 Å². The lowest BCUT2D eigenvalue weighted by Crippen LogP contribution is -2.07. The van der Waals surface area contributed by atoms with E-state index in [-0.39, 0.29) is 0 Å². The van der Waals surface area contributed by atoms with E-state index in [1.165, 1.54) is 6.07 Å². The molecule has 0 spiro atoms. The highest BCUT2D eigenvalue weighted by atomic mass is 79.9. The molecule has 0 saturated heterocycles. The molecule has 108 valence electrons. The molecule has 0 aliphatic rings. The molecule has 0 atom stereocenters. The fraction of sp³-hybridized carbons (Fsp3) is 0.538. The van der Waals surface area contributed by atoms with E-state index in [0.717, 1.165) is 44.4 Å². The molecule has 0 heterocycles. The first-order valence-corrected chi connectivity index (χ1v) is 7.05. The second-order valence-corrected chi connectivity index (χ2v) is 5.18. The first kappa shape index (κ1) is 16.3. The first-order chi connectivity index (χ1) is 8.95. The summed E-state index contributed by atoms with van der Waals surface area (Å²) < 4.78 is 37.9. The van der Waals surface area contributed by atoms with Crippen molar-refractivity contribution in [3.63, 3.8) is 0 Å². The molecule has 0 unspecified atom stereocenters. The fourth-order valence-electron chi connectivity index (χ4n) is 1.68. The highest BCUT2D eigenvalue weighted by molar-refractivity contribution is 9.10. The maximum Gasteiger partial charge on any atom is 0.416 e. The number of alkyl halides is 3. The second-order valence-electron chi connectivity index (χ2n) is 4.32. The topological polar surface area (TPSA) is 38.0 Å². The van der Waals surface area contributed by atoms with E-state index in [4.69, 9.17) is 5.73 Å². The number of unbranched alkanes of at least 4 members (excludes halogenated alkanes) is 3. The van der Waals surface area contributed by atoms with Crippen LogP contribution in [0.1, 0.15) is 31.2 Å². The minimum Gasteiger partial charge on any atom is -0.384 e. The lowest BCUT2D eigenvalue weighted by Gasteiger charge is -2.12. The molecule has 1 rings (SSSR count). The maximum atomic E-state index is 12.5. The number of nitrogens with two attached hydrogens (primary N) is 1. The van der Waals surface area contributed by atoms with Crippen LogP contribution in [0.5, 0.6) is 0 Å². The molecule has 0 aromatic heterocycles. The fourth-order valence-corrected chi connectivity index (χ4v) is 2.20. The van der Waals surface area contributed by atoms with Crippen LogP contribution < -0.4 is 11.1 Å². The van der Waals surface area contributed by atoms with Crippen molar-refractivity contribution in [2.24, 2.45) is 5.73 Å². The number of halogens is 4. The number of benzene rings is 1. The molecule has 0 bridgehead atoms. The third-order valence-corrected chi connectivity index (χ3v) is 3.40. The Bertz CT molecular complexity index is 394. The van der Waals surface area contributed by atoms with Crippen molar-refractivity contribution in [3.05, 3.63) is 28.2 Å². The summed E-state index contributed by atoms with van der Waals surface area (Å²) in [6, 6.07) is 3.63. The maximum absolute atomic E-state index is 12.5. The molecule has 6 heteroatoms. The molecular formula is C13H18BrF3N2. The molecule has 0 amide bonds. The van der Waals surface area contributed by atoms with Gasteiger partial charge in [-0.1, -0.05) is 12.8 Å². The van der Waals surface area contributed by atoms with E-state index in [2.05, 4.69) is 21.2 Å². The van der Waals surface area contributed by atoms with Gasteiger partial charge < -0.3 is 11.1 Å². The van der Waals surface area contributed by atoms with E-state index in [1.807, 2.05) is 0 Å². The number of anilines is 1. The van der Waals surface area contributed by atoms with E-state index >= 15 is 0 Å². The van der Waals surface area contributed by atoms with Gasteiger partial charge in [0.2, 0.25) is 0 Å². The zero-order valence-corrected chi connectivity index (χ0v) is 12.1. The van der Waals surface area contributed by atoms with Crippen LogP contribution in [-0.4, -0.2) is 13.1 Å². The Balaban J connectivity index is 2.43. The number of hydrogen-bond acceptors (Lipinski definition) is 2. The predicted molar refractivity (Wildman–Crippen MR) is 75.2 cm³/mol. The Hall–Kier alpha value is -0.750. The van der Waals surface area contributed by atoms with Crippen LogP contribution in [0.15, 0.2) is 22.7 Å². The summed E-state index contributed by atoms with van der Waals surface area (Å²) in [5.74, 6) is 0. The van der Waals surface area contributed by atoms with Gasteiger partial charge in [-0.15, -0.1) is 0 Å². The summed E-state index contributed by atoms with van der Waals surface area (Å²) in [4.78, 5) is 0. The van der Waals surface area contributed by atoms with Crippen LogP contribution in [0.2, 0.25) is 0 Å². The largest absolute Gasteiger partial charge is 0.416 e. The molecular weight excluding hydrogens is 321 g/mol. The number of nitrogens with one attached hydrogen (secondary N) is 1. The minimum absolute atomic E-state index is 0.435. The molecule has 0 radical (unpaired) electrons. The van der Waals surface area contributed by atoms with E-state index in [1.54, 1.807) is 0 Å². The standard InChI is InChI=1S/C13H18BrF3N2/c14-11-9-10(13(15,16)17)5-6-12(11)19-8-4-2-1-3-7-18/h5-6,9,19H,1-4,7-8,18H2. The molecule has 2 nitrogen and oxygen atoms in total. The van der Waals surface area contributed by atoms with E-state index in [9.17, 15) is 13.2 Å². The molecule has 0 fully saturated rings. The zero-order chi connectivity index (χ0) is 14.3. The summed E-state index contributed by atoms with van der Waals surface area (Å²) >= 11 is 3.15. The van der Waals surface area contributed by atoms with Crippen LogP contribution in [0, 0.1) is 0 Å². The van der Waals surface area contributed by atoms with Crippen LogP contribution >= 0.6 is 15.9 Å².